The third kappa shape index (κ3) is 3.66. The van der Waals surface area contributed by atoms with Crippen molar-refractivity contribution in [1.29, 1.82) is 0 Å². The Bertz CT molecular complexity index is 750. The van der Waals surface area contributed by atoms with Gasteiger partial charge in [0.15, 0.2) is 0 Å². The summed E-state index contributed by atoms with van der Waals surface area (Å²) in [6, 6.07) is 7.02. The van der Waals surface area contributed by atoms with E-state index in [2.05, 4.69) is 10.3 Å². The van der Waals surface area contributed by atoms with Gasteiger partial charge in [-0.25, -0.2) is 9.78 Å². The second kappa shape index (κ2) is 6.64. The number of carboxylic acids is 1. The average Bonchev–Trinajstić information content (AvgIpc) is 2.48. The Balaban J connectivity index is 2.14. The number of phenolic OH excluding ortho intramolecular Hbond substituents is 1. The molecule has 0 saturated heterocycles. The van der Waals surface area contributed by atoms with E-state index in [1.807, 2.05) is 0 Å². The van der Waals surface area contributed by atoms with Gasteiger partial charge < -0.3 is 15.5 Å². The van der Waals surface area contributed by atoms with E-state index in [1.165, 1.54) is 24.3 Å². The van der Waals surface area contributed by atoms with Crippen LogP contribution < -0.4 is 5.32 Å². The molecule has 8 heteroatoms. The van der Waals surface area contributed by atoms with E-state index in [0.717, 1.165) is 0 Å². The highest BCUT2D eigenvalue weighted by atomic mass is 35.5. The largest absolute Gasteiger partial charge is 0.506 e. The molecule has 0 unspecified atom stereocenters. The van der Waals surface area contributed by atoms with Gasteiger partial charge in [-0.05, 0) is 24.3 Å². The molecule has 1 aromatic carbocycles. The van der Waals surface area contributed by atoms with Crippen LogP contribution in [0.25, 0.3) is 0 Å². The van der Waals surface area contributed by atoms with Gasteiger partial charge in [0.1, 0.15) is 11.4 Å². The van der Waals surface area contributed by atoms with E-state index in [0.29, 0.717) is 5.69 Å². The third-order valence-electron chi connectivity index (χ3n) is 2.73. The average molecular weight is 341 g/mol. The number of phenols is 1. The van der Waals surface area contributed by atoms with Gasteiger partial charge in [0, 0.05) is 5.02 Å². The van der Waals surface area contributed by atoms with Crippen molar-refractivity contribution in [3.63, 3.8) is 0 Å². The van der Waals surface area contributed by atoms with E-state index in [9.17, 15) is 14.7 Å². The van der Waals surface area contributed by atoms with E-state index in [-0.39, 0.29) is 33.6 Å². The summed E-state index contributed by atoms with van der Waals surface area (Å²) in [6.45, 7) is -0.0104. The van der Waals surface area contributed by atoms with Crippen LogP contribution in [0.3, 0.4) is 0 Å². The molecule has 114 valence electrons. The lowest BCUT2D eigenvalue weighted by molar-refractivity contribution is 0.0690. The Hall–Kier alpha value is -2.31. The van der Waals surface area contributed by atoms with Gasteiger partial charge in [0.25, 0.3) is 5.91 Å². The second-order valence-corrected chi connectivity index (χ2v) is 5.13. The number of nitrogens with one attached hydrogen (secondary N) is 1. The molecule has 0 fully saturated rings. The molecule has 0 aliphatic rings. The molecule has 2 aromatic rings. The summed E-state index contributed by atoms with van der Waals surface area (Å²) in [5, 5.41) is 21.3. The Kier molecular flexibility index (Phi) is 4.85. The summed E-state index contributed by atoms with van der Waals surface area (Å²) in [6.07, 6.45) is 0. The number of carboxylic acid groups (broad SMARTS) is 1. The predicted molar refractivity (Wildman–Crippen MR) is 80.5 cm³/mol. The number of hydrogen-bond donors (Lipinski definition) is 3. The maximum absolute atomic E-state index is 12.0. The van der Waals surface area contributed by atoms with Crippen molar-refractivity contribution in [2.24, 2.45) is 0 Å². The molecule has 0 radical (unpaired) electrons. The molecule has 0 atom stereocenters. The summed E-state index contributed by atoms with van der Waals surface area (Å²) >= 11 is 11.5. The zero-order chi connectivity index (χ0) is 16.3. The fourth-order valence-corrected chi connectivity index (χ4v) is 2.20. The minimum Gasteiger partial charge on any atom is -0.506 e. The van der Waals surface area contributed by atoms with E-state index in [1.54, 1.807) is 6.07 Å². The molecular formula is C14H10Cl2N2O4. The van der Waals surface area contributed by atoms with Crippen LogP contribution in [-0.2, 0) is 6.54 Å². The molecule has 1 amide bonds. The van der Waals surface area contributed by atoms with Crippen LogP contribution in [0.1, 0.15) is 26.5 Å². The number of aromatic carboxylic acids is 1. The molecule has 1 heterocycles. The van der Waals surface area contributed by atoms with Gasteiger partial charge >= 0.3 is 5.97 Å². The molecule has 0 aliphatic carbocycles. The number of aromatic hydroxyl groups is 1. The Labute approximate surface area is 135 Å². The van der Waals surface area contributed by atoms with Gasteiger partial charge in [0.2, 0.25) is 0 Å². The second-order valence-electron chi connectivity index (χ2n) is 4.29. The number of aromatic nitrogens is 1. The summed E-state index contributed by atoms with van der Waals surface area (Å²) < 4.78 is 0. The molecule has 0 saturated carbocycles. The van der Waals surface area contributed by atoms with E-state index >= 15 is 0 Å². The smallest absolute Gasteiger partial charge is 0.354 e. The fraction of sp³-hybridized carbons (Fsp3) is 0.0714. The molecule has 6 nitrogen and oxygen atoms in total. The number of hydrogen-bond acceptors (Lipinski definition) is 4. The van der Waals surface area contributed by atoms with Crippen LogP contribution in [-0.4, -0.2) is 27.1 Å². The molecule has 0 bridgehead atoms. The Morgan fingerprint density at radius 3 is 2.64 bits per heavy atom. The maximum Gasteiger partial charge on any atom is 0.354 e. The lowest BCUT2D eigenvalue weighted by Crippen LogP contribution is -2.23. The summed E-state index contributed by atoms with van der Waals surface area (Å²) in [5.74, 6) is -2.15. The molecule has 1 aromatic heterocycles. The summed E-state index contributed by atoms with van der Waals surface area (Å²) in [7, 11) is 0. The number of carbonyl (C=O) groups excluding carboxylic acids is 1. The zero-order valence-electron chi connectivity index (χ0n) is 11.0. The SMILES string of the molecule is O=C(O)c1cccc(CNC(=O)c2cc(Cl)cc(Cl)c2O)n1. The highest BCUT2D eigenvalue weighted by Crippen LogP contribution is 2.31. The van der Waals surface area contributed by atoms with Gasteiger partial charge in [-0.3, -0.25) is 4.79 Å². The zero-order valence-corrected chi connectivity index (χ0v) is 12.5. The normalized spacial score (nSPS) is 10.3. The number of nitrogens with zero attached hydrogens (tertiary/aromatic N) is 1. The molecule has 3 N–H and O–H groups in total. The first-order chi connectivity index (χ1) is 10.4. The molecule has 2 rings (SSSR count). The Morgan fingerprint density at radius 1 is 1.23 bits per heavy atom. The van der Waals surface area contributed by atoms with Gasteiger partial charge in [0.05, 0.1) is 22.8 Å². The number of rotatable bonds is 4. The third-order valence-corrected chi connectivity index (χ3v) is 3.24. The molecule has 22 heavy (non-hydrogen) atoms. The van der Waals surface area contributed by atoms with Crippen molar-refractivity contribution in [3.05, 3.63) is 57.3 Å². The first kappa shape index (κ1) is 16.1. The van der Waals surface area contributed by atoms with Crippen LogP contribution in [0.5, 0.6) is 5.75 Å². The lowest BCUT2D eigenvalue weighted by Gasteiger charge is -2.08. The van der Waals surface area contributed by atoms with Crippen LogP contribution in [0.2, 0.25) is 10.0 Å². The minimum atomic E-state index is -1.16. The van der Waals surface area contributed by atoms with Crippen LogP contribution in [0.4, 0.5) is 0 Å². The van der Waals surface area contributed by atoms with Gasteiger partial charge in [-0.2, -0.15) is 0 Å². The minimum absolute atomic E-state index is 0.0104. The number of carbonyl (C=O) groups is 2. The Morgan fingerprint density at radius 2 is 1.95 bits per heavy atom. The van der Waals surface area contributed by atoms with Crippen LogP contribution in [0, 0.1) is 0 Å². The van der Waals surface area contributed by atoms with Crippen molar-refractivity contribution in [2.75, 3.05) is 0 Å². The number of pyridine rings is 1. The highest BCUT2D eigenvalue weighted by molar-refractivity contribution is 6.36. The first-order valence-corrected chi connectivity index (χ1v) is 6.79. The molecule has 0 spiro atoms. The topological polar surface area (TPSA) is 99.5 Å². The highest BCUT2D eigenvalue weighted by Gasteiger charge is 2.15. The van der Waals surface area contributed by atoms with Crippen LogP contribution >= 0.6 is 23.2 Å². The number of amides is 1. The summed E-state index contributed by atoms with van der Waals surface area (Å²) in [4.78, 5) is 26.7. The lowest BCUT2D eigenvalue weighted by atomic mass is 10.2. The van der Waals surface area contributed by atoms with Gasteiger partial charge in [-0.1, -0.05) is 29.3 Å². The van der Waals surface area contributed by atoms with Crippen molar-refractivity contribution in [2.45, 2.75) is 6.54 Å². The fourth-order valence-electron chi connectivity index (χ4n) is 1.70. The standard InChI is InChI=1S/C14H10Cl2N2O4/c15-7-4-9(12(19)10(16)5-7)13(20)17-6-8-2-1-3-11(18-8)14(21)22/h1-5,19H,6H2,(H,17,20)(H,21,22). The van der Waals surface area contributed by atoms with Crippen molar-refractivity contribution >= 4 is 35.1 Å². The van der Waals surface area contributed by atoms with Crippen molar-refractivity contribution in [3.8, 4) is 5.75 Å². The van der Waals surface area contributed by atoms with Crippen molar-refractivity contribution < 1.29 is 19.8 Å². The molecule has 0 aliphatic heterocycles. The van der Waals surface area contributed by atoms with Crippen LogP contribution in [0.15, 0.2) is 30.3 Å². The van der Waals surface area contributed by atoms with Crippen molar-refractivity contribution in [1.82, 2.24) is 10.3 Å². The van der Waals surface area contributed by atoms with E-state index in [4.69, 9.17) is 28.3 Å². The molecular weight excluding hydrogens is 331 g/mol. The maximum atomic E-state index is 12.0. The quantitative estimate of drug-likeness (QED) is 0.794. The van der Waals surface area contributed by atoms with Gasteiger partial charge in [-0.15, -0.1) is 0 Å². The monoisotopic (exact) mass is 340 g/mol. The van der Waals surface area contributed by atoms with E-state index < -0.39 is 11.9 Å². The predicted octanol–water partition coefficient (Wildman–Crippen LogP) is 2.72. The first-order valence-electron chi connectivity index (χ1n) is 6.04. The summed E-state index contributed by atoms with van der Waals surface area (Å²) in [5.41, 5.74) is 0.160. The number of halogens is 2. The number of benzene rings is 1.